The Morgan fingerprint density at radius 3 is 2.65 bits per heavy atom. The summed E-state index contributed by atoms with van der Waals surface area (Å²) in [5, 5.41) is 11.2. The number of carbonyl (C=O) groups excluding carboxylic acids is 1. The minimum absolute atomic E-state index is 0.0210. The zero-order valence-electron chi connectivity index (χ0n) is 16.9. The number of anilines is 1. The van der Waals surface area contributed by atoms with Gasteiger partial charge in [0.25, 0.3) is 5.22 Å². The van der Waals surface area contributed by atoms with Crippen LogP contribution < -0.4 is 5.32 Å². The van der Waals surface area contributed by atoms with Gasteiger partial charge in [0.1, 0.15) is 0 Å². The van der Waals surface area contributed by atoms with Crippen LogP contribution in [-0.4, -0.2) is 41.8 Å². The van der Waals surface area contributed by atoms with Crippen LogP contribution in [0.1, 0.15) is 23.4 Å². The first-order chi connectivity index (χ1) is 15.0. The highest BCUT2D eigenvalue weighted by Gasteiger charge is 2.29. The second-order valence-corrected chi connectivity index (χ2v) is 10.7. The molecule has 9 heteroatoms. The van der Waals surface area contributed by atoms with Gasteiger partial charge >= 0.3 is 0 Å². The van der Waals surface area contributed by atoms with Crippen LogP contribution in [0.15, 0.2) is 64.2 Å². The Kier molecular flexibility index (Phi) is 6.72. The van der Waals surface area contributed by atoms with Crippen molar-refractivity contribution in [1.29, 1.82) is 0 Å². The Morgan fingerprint density at radius 1 is 1.10 bits per heavy atom. The van der Waals surface area contributed by atoms with Crippen LogP contribution in [0.25, 0.3) is 0 Å². The molecule has 31 heavy (non-hydrogen) atoms. The molecule has 1 amide bonds. The number of thioether (sulfide) groups is 1. The van der Waals surface area contributed by atoms with Crippen LogP contribution >= 0.6 is 11.8 Å². The van der Waals surface area contributed by atoms with Crippen LogP contribution in [0, 0.1) is 5.92 Å². The summed E-state index contributed by atoms with van der Waals surface area (Å²) in [6, 6.07) is 17.8. The second-order valence-electron chi connectivity index (χ2n) is 7.59. The Balaban J connectivity index is 1.30. The molecule has 2 aromatic carbocycles. The number of sulfone groups is 1. The number of para-hydroxylation sites is 1. The number of nitrogens with zero attached hydrogens (tertiary/aromatic N) is 2. The lowest BCUT2D eigenvalue weighted by Crippen LogP contribution is -2.15. The Morgan fingerprint density at radius 2 is 1.87 bits per heavy atom. The molecule has 0 bridgehead atoms. The predicted molar refractivity (Wildman–Crippen MR) is 120 cm³/mol. The first-order valence-corrected chi connectivity index (χ1v) is 12.8. The molecule has 1 aliphatic heterocycles. The van der Waals surface area contributed by atoms with Gasteiger partial charge in [-0.2, -0.15) is 0 Å². The maximum absolute atomic E-state index is 12.5. The van der Waals surface area contributed by atoms with Crippen molar-refractivity contribution in [3.63, 3.8) is 0 Å². The van der Waals surface area contributed by atoms with Crippen LogP contribution in [0.5, 0.6) is 0 Å². The molecule has 1 aromatic heterocycles. The molecule has 4 rings (SSSR count). The first kappa shape index (κ1) is 21.6. The van der Waals surface area contributed by atoms with Crippen molar-refractivity contribution in [2.75, 3.05) is 22.6 Å². The number of benzene rings is 2. The molecule has 7 nitrogen and oxygen atoms in total. The molecule has 162 valence electrons. The number of rotatable bonds is 8. The standard InChI is InChI=1S/C22H23N3O4S2/c26-20(23-19-9-5-4-8-18(19)12-16-6-2-1-3-7-16)14-30-22-25-24-21(29-22)13-17-10-11-31(27,28)15-17/h1-9,17H,10-15H2,(H,23,26). The molecule has 1 unspecified atom stereocenters. The number of aromatic nitrogens is 2. The average Bonchev–Trinajstić information content (AvgIpc) is 3.34. The van der Waals surface area contributed by atoms with Crippen molar-refractivity contribution in [1.82, 2.24) is 10.2 Å². The van der Waals surface area contributed by atoms with E-state index in [0.717, 1.165) is 17.7 Å². The molecule has 1 aliphatic rings. The number of hydrogen-bond donors (Lipinski definition) is 1. The van der Waals surface area contributed by atoms with Gasteiger partial charge in [0.2, 0.25) is 11.8 Å². The van der Waals surface area contributed by atoms with Gasteiger partial charge in [0.15, 0.2) is 9.84 Å². The third-order valence-corrected chi connectivity index (χ3v) is 7.75. The normalized spacial score (nSPS) is 17.5. The smallest absolute Gasteiger partial charge is 0.277 e. The van der Waals surface area contributed by atoms with E-state index in [9.17, 15) is 13.2 Å². The minimum Gasteiger partial charge on any atom is -0.416 e. The van der Waals surface area contributed by atoms with Gasteiger partial charge in [0.05, 0.1) is 17.3 Å². The van der Waals surface area contributed by atoms with Gasteiger partial charge in [-0.25, -0.2) is 8.42 Å². The van der Waals surface area contributed by atoms with Gasteiger partial charge in [0, 0.05) is 12.1 Å². The van der Waals surface area contributed by atoms with Crippen molar-refractivity contribution in [2.45, 2.75) is 24.5 Å². The van der Waals surface area contributed by atoms with Gasteiger partial charge in [-0.3, -0.25) is 4.79 Å². The Labute approximate surface area is 185 Å². The largest absolute Gasteiger partial charge is 0.416 e. The quantitative estimate of drug-likeness (QED) is 0.517. The van der Waals surface area contributed by atoms with E-state index in [4.69, 9.17) is 4.42 Å². The average molecular weight is 458 g/mol. The zero-order chi connectivity index (χ0) is 21.7. The third-order valence-electron chi connectivity index (χ3n) is 5.09. The van der Waals surface area contributed by atoms with E-state index in [1.165, 1.54) is 17.3 Å². The van der Waals surface area contributed by atoms with Crippen molar-refractivity contribution in [3.05, 3.63) is 71.6 Å². The fourth-order valence-electron chi connectivity index (χ4n) is 3.58. The Bertz CT molecular complexity index is 1150. The summed E-state index contributed by atoms with van der Waals surface area (Å²) in [7, 11) is -2.93. The molecule has 0 radical (unpaired) electrons. The van der Waals surface area contributed by atoms with Crippen molar-refractivity contribution in [3.8, 4) is 0 Å². The van der Waals surface area contributed by atoms with Crippen molar-refractivity contribution < 1.29 is 17.6 Å². The molecule has 1 atom stereocenters. The van der Waals surface area contributed by atoms with E-state index < -0.39 is 9.84 Å². The molecule has 0 spiro atoms. The van der Waals surface area contributed by atoms with Gasteiger partial charge < -0.3 is 9.73 Å². The lowest BCUT2D eigenvalue weighted by Gasteiger charge is -2.11. The highest BCUT2D eigenvalue weighted by molar-refractivity contribution is 7.99. The molecule has 0 saturated carbocycles. The highest BCUT2D eigenvalue weighted by atomic mass is 32.2. The highest BCUT2D eigenvalue weighted by Crippen LogP contribution is 2.24. The van der Waals surface area contributed by atoms with Crippen LogP contribution in [0.4, 0.5) is 5.69 Å². The maximum Gasteiger partial charge on any atom is 0.277 e. The minimum atomic E-state index is -2.93. The zero-order valence-corrected chi connectivity index (χ0v) is 18.5. The van der Waals surface area contributed by atoms with Crippen LogP contribution in [0.3, 0.4) is 0 Å². The summed E-state index contributed by atoms with van der Waals surface area (Å²) in [5.41, 5.74) is 3.00. The summed E-state index contributed by atoms with van der Waals surface area (Å²) in [4.78, 5) is 12.5. The van der Waals surface area contributed by atoms with E-state index in [1.807, 2.05) is 42.5 Å². The van der Waals surface area contributed by atoms with Gasteiger partial charge in [-0.1, -0.05) is 60.3 Å². The molecule has 3 aromatic rings. The molecule has 1 fully saturated rings. The number of nitrogens with one attached hydrogen (secondary N) is 1. The van der Waals surface area contributed by atoms with E-state index >= 15 is 0 Å². The topological polar surface area (TPSA) is 102 Å². The van der Waals surface area contributed by atoms with Gasteiger partial charge in [-0.15, -0.1) is 10.2 Å². The molecule has 2 heterocycles. The monoisotopic (exact) mass is 457 g/mol. The third kappa shape index (κ3) is 6.18. The fraction of sp³-hybridized carbons (Fsp3) is 0.318. The van der Waals surface area contributed by atoms with E-state index in [0.29, 0.717) is 24.0 Å². The van der Waals surface area contributed by atoms with E-state index in [2.05, 4.69) is 27.6 Å². The summed E-state index contributed by atoms with van der Waals surface area (Å²) < 4.78 is 28.7. The molecular formula is C22H23N3O4S2. The fourth-order valence-corrected chi connectivity index (χ4v) is 6.03. The lowest BCUT2D eigenvalue weighted by atomic mass is 10.0. The molecule has 1 N–H and O–H groups in total. The maximum atomic E-state index is 12.5. The molecule has 1 saturated heterocycles. The van der Waals surface area contributed by atoms with E-state index in [-0.39, 0.29) is 29.1 Å². The van der Waals surface area contributed by atoms with Crippen molar-refractivity contribution >= 4 is 33.2 Å². The van der Waals surface area contributed by atoms with Crippen molar-refractivity contribution in [2.24, 2.45) is 5.92 Å². The summed E-state index contributed by atoms with van der Waals surface area (Å²) in [5.74, 6) is 0.805. The summed E-state index contributed by atoms with van der Waals surface area (Å²) >= 11 is 1.17. The van der Waals surface area contributed by atoms with Gasteiger partial charge in [-0.05, 0) is 36.0 Å². The first-order valence-electron chi connectivity index (χ1n) is 10.0. The second kappa shape index (κ2) is 9.65. The van der Waals surface area contributed by atoms with E-state index in [1.54, 1.807) is 0 Å². The predicted octanol–water partition coefficient (Wildman–Crippen LogP) is 3.37. The number of carbonyl (C=O) groups is 1. The SMILES string of the molecule is O=C(CSc1nnc(CC2CCS(=O)(=O)C2)o1)Nc1ccccc1Cc1ccccc1. The molecule has 0 aliphatic carbocycles. The number of amides is 1. The number of hydrogen-bond acceptors (Lipinski definition) is 7. The van der Waals surface area contributed by atoms with Crippen LogP contribution in [0.2, 0.25) is 0 Å². The lowest BCUT2D eigenvalue weighted by molar-refractivity contribution is -0.113. The van der Waals surface area contributed by atoms with Crippen LogP contribution in [-0.2, 0) is 27.5 Å². The Hall–Kier alpha value is -2.65. The summed E-state index contributed by atoms with van der Waals surface area (Å²) in [6.45, 7) is 0. The summed E-state index contributed by atoms with van der Waals surface area (Å²) in [6.07, 6.45) is 1.80. The molecular weight excluding hydrogens is 434 g/mol.